The number of hydrogen-bond donors (Lipinski definition) is 2. The van der Waals surface area contributed by atoms with Gasteiger partial charge in [0, 0.05) is 38.4 Å². The highest BCUT2D eigenvalue weighted by Gasteiger charge is 2.39. The first-order valence-electron chi connectivity index (χ1n) is 11.1. The van der Waals surface area contributed by atoms with Crippen molar-refractivity contribution in [3.63, 3.8) is 0 Å². The number of anilines is 1. The van der Waals surface area contributed by atoms with Crippen LogP contribution in [0.3, 0.4) is 0 Å². The average molecular weight is 500 g/mol. The van der Waals surface area contributed by atoms with Gasteiger partial charge in [-0.25, -0.2) is 13.1 Å². The monoisotopic (exact) mass is 499 g/mol. The van der Waals surface area contributed by atoms with Crippen LogP contribution in [0, 0.1) is 6.92 Å². The third-order valence-electron chi connectivity index (χ3n) is 6.27. The Kier molecular flexibility index (Phi) is 7.20. The van der Waals surface area contributed by atoms with Crippen molar-refractivity contribution < 1.29 is 31.4 Å². The van der Waals surface area contributed by atoms with E-state index >= 15 is 0 Å². The maximum atomic E-state index is 13.0. The van der Waals surface area contributed by atoms with Crippen LogP contribution in [0.2, 0.25) is 0 Å². The van der Waals surface area contributed by atoms with Crippen LogP contribution >= 0.6 is 0 Å². The Bertz CT molecular complexity index is 1090. The number of benzene rings is 2. The maximum Gasteiger partial charge on any atom is 0.416 e. The smallest absolute Gasteiger partial charge is 0.389 e. The third-order valence-corrected chi connectivity index (χ3v) is 7.78. The molecule has 2 aliphatic rings. The minimum absolute atomic E-state index is 0.0567. The Balaban J connectivity index is 1.30. The number of aliphatic hydroxyl groups is 1. The third kappa shape index (κ3) is 5.72. The highest BCUT2D eigenvalue weighted by atomic mass is 32.2. The molecule has 0 radical (unpaired) electrons. The number of aliphatic hydroxyl groups excluding tert-OH is 1. The van der Waals surface area contributed by atoms with Gasteiger partial charge >= 0.3 is 6.18 Å². The molecule has 0 spiro atoms. The molecule has 2 aliphatic heterocycles. The Labute approximate surface area is 197 Å². The minimum Gasteiger partial charge on any atom is -0.389 e. The van der Waals surface area contributed by atoms with Gasteiger partial charge < -0.3 is 14.7 Å². The lowest BCUT2D eigenvalue weighted by atomic mass is 10.1. The molecule has 3 atom stereocenters. The van der Waals surface area contributed by atoms with Crippen molar-refractivity contribution in [1.82, 2.24) is 9.62 Å². The quantitative estimate of drug-likeness (QED) is 0.635. The number of ether oxygens (including phenoxy) is 1. The number of piperazine rings is 1. The number of aryl methyl sites for hydroxylation is 1. The van der Waals surface area contributed by atoms with E-state index in [4.69, 9.17) is 4.74 Å². The molecule has 34 heavy (non-hydrogen) atoms. The first kappa shape index (κ1) is 24.9. The fraction of sp³-hybridized carbons (Fsp3) is 0.478. The fourth-order valence-electron chi connectivity index (χ4n) is 4.25. The molecule has 0 saturated carbocycles. The standard InChI is InChI=1S/C23H28F3N3O4S/c1-16-5-7-19(8-6-16)34(31,32)27-20-15-33-21(22(20)30)14-28-9-11-29(12-10-28)18-4-2-3-17(13-18)23(24,25)26/h2-8,13,20-22,27,30H,9-12,14-15H2,1H3/t20-,21-,22+/m0/s1. The second-order valence-electron chi connectivity index (χ2n) is 8.74. The normalized spacial score (nSPS) is 24.5. The summed E-state index contributed by atoms with van der Waals surface area (Å²) in [6, 6.07) is 11.0. The topological polar surface area (TPSA) is 82.1 Å². The molecule has 2 saturated heterocycles. The van der Waals surface area contributed by atoms with Gasteiger partial charge in [0.2, 0.25) is 10.0 Å². The van der Waals surface area contributed by atoms with Gasteiger partial charge in [-0.2, -0.15) is 13.2 Å². The van der Waals surface area contributed by atoms with E-state index in [1.807, 2.05) is 11.8 Å². The van der Waals surface area contributed by atoms with Crippen LogP contribution in [-0.2, 0) is 20.9 Å². The molecule has 0 aromatic heterocycles. The molecule has 2 aromatic rings. The summed E-state index contributed by atoms with van der Waals surface area (Å²) < 4.78 is 72.5. The van der Waals surface area contributed by atoms with Crippen LogP contribution < -0.4 is 9.62 Å². The van der Waals surface area contributed by atoms with Gasteiger partial charge in [-0.05, 0) is 37.3 Å². The summed E-state index contributed by atoms with van der Waals surface area (Å²) >= 11 is 0. The zero-order chi connectivity index (χ0) is 24.5. The molecule has 11 heteroatoms. The Morgan fingerprint density at radius 3 is 2.41 bits per heavy atom. The summed E-state index contributed by atoms with van der Waals surface area (Å²) in [4.78, 5) is 4.09. The zero-order valence-corrected chi connectivity index (χ0v) is 19.5. The Morgan fingerprint density at radius 2 is 1.76 bits per heavy atom. The predicted octanol–water partition coefficient (Wildman–Crippen LogP) is 2.24. The van der Waals surface area contributed by atoms with Crippen molar-refractivity contribution in [3.8, 4) is 0 Å². The maximum absolute atomic E-state index is 13.0. The van der Waals surface area contributed by atoms with Gasteiger partial charge in [0.1, 0.15) is 0 Å². The van der Waals surface area contributed by atoms with Crippen molar-refractivity contribution >= 4 is 15.7 Å². The zero-order valence-electron chi connectivity index (χ0n) is 18.7. The number of sulfonamides is 1. The van der Waals surface area contributed by atoms with E-state index in [0.29, 0.717) is 38.4 Å². The van der Waals surface area contributed by atoms with Gasteiger partial charge in [-0.1, -0.05) is 23.8 Å². The molecule has 0 amide bonds. The van der Waals surface area contributed by atoms with Crippen LogP contribution in [0.1, 0.15) is 11.1 Å². The van der Waals surface area contributed by atoms with Crippen LogP contribution in [0.25, 0.3) is 0 Å². The lowest BCUT2D eigenvalue weighted by Gasteiger charge is -2.37. The lowest BCUT2D eigenvalue weighted by molar-refractivity contribution is -0.137. The van der Waals surface area contributed by atoms with Crippen LogP contribution in [-0.4, -0.2) is 76.0 Å². The highest BCUT2D eigenvalue weighted by Crippen LogP contribution is 2.32. The van der Waals surface area contributed by atoms with E-state index in [0.717, 1.165) is 17.7 Å². The van der Waals surface area contributed by atoms with Crippen LogP contribution in [0.5, 0.6) is 0 Å². The van der Waals surface area contributed by atoms with Crippen molar-refractivity contribution in [1.29, 1.82) is 0 Å². The predicted molar refractivity (Wildman–Crippen MR) is 121 cm³/mol. The molecule has 0 bridgehead atoms. The van der Waals surface area contributed by atoms with Crippen molar-refractivity contribution in [2.45, 2.75) is 36.2 Å². The summed E-state index contributed by atoms with van der Waals surface area (Å²) in [5.41, 5.74) is 0.794. The Hall–Kier alpha value is -2.18. The van der Waals surface area contributed by atoms with Gasteiger partial charge in [0.05, 0.1) is 35.3 Å². The van der Waals surface area contributed by atoms with Gasteiger partial charge in [0.25, 0.3) is 0 Å². The molecule has 7 nitrogen and oxygen atoms in total. The first-order chi connectivity index (χ1) is 16.0. The van der Waals surface area contributed by atoms with Crippen molar-refractivity contribution in [2.24, 2.45) is 0 Å². The SMILES string of the molecule is Cc1ccc(S(=O)(=O)N[C@H]2CO[C@@H](CN3CCN(c4cccc(C(F)(F)F)c4)CC3)[C@@H]2O)cc1. The summed E-state index contributed by atoms with van der Waals surface area (Å²) in [7, 11) is -3.79. The Morgan fingerprint density at radius 1 is 1.09 bits per heavy atom. The summed E-state index contributed by atoms with van der Waals surface area (Å²) in [5, 5.41) is 10.7. The van der Waals surface area contributed by atoms with E-state index in [1.54, 1.807) is 18.2 Å². The number of alkyl halides is 3. The molecule has 2 N–H and O–H groups in total. The minimum atomic E-state index is -4.38. The summed E-state index contributed by atoms with van der Waals surface area (Å²) in [5.74, 6) is 0. The number of nitrogens with zero attached hydrogens (tertiary/aromatic N) is 2. The second-order valence-corrected chi connectivity index (χ2v) is 10.5. The number of nitrogens with one attached hydrogen (secondary N) is 1. The molecule has 0 unspecified atom stereocenters. The molecule has 2 fully saturated rings. The van der Waals surface area contributed by atoms with Gasteiger partial charge in [-0.15, -0.1) is 0 Å². The molecule has 186 valence electrons. The van der Waals surface area contributed by atoms with E-state index in [9.17, 15) is 26.7 Å². The van der Waals surface area contributed by atoms with Gasteiger partial charge in [0.15, 0.2) is 0 Å². The number of halogens is 3. The lowest BCUT2D eigenvalue weighted by Crippen LogP contribution is -2.51. The van der Waals surface area contributed by atoms with E-state index in [2.05, 4.69) is 9.62 Å². The summed E-state index contributed by atoms with van der Waals surface area (Å²) in [6.45, 7) is 4.57. The largest absolute Gasteiger partial charge is 0.416 e. The van der Waals surface area contributed by atoms with Crippen molar-refractivity contribution in [2.75, 3.05) is 44.2 Å². The first-order valence-corrected chi connectivity index (χ1v) is 12.5. The van der Waals surface area contributed by atoms with Gasteiger partial charge in [-0.3, -0.25) is 4.90 Å². The molecule has 4 rings (SSSR count). The molecule has 2 heterocycles. The molecular formula is C23H28F3N3O4S. The van der Waals surface area contributed by atoms with Crippen LogP contribution in [0.4, 0.5) is 18.9 Å². The van der Waals surface area contributed by atoms with Crippen LogP contribution in [0.15, 0.2) is 53.4 Å². The fourth-order valence-corrected chi connectivity index (χ4v) is 5.49. The second kappa shape index (κ2) is 9.82. The average Bonchev–Trinajstić information content (AvgIpc) is 3.12. The molecule has 2 aromatic carbocycles. The number of hydrogen-bond acceptors (Lipinski definition) is 6. The van der Waals surface area contributed by atoms with Crippen molar-refractivity contribution in [3.05, 3.63) is 59.7 Å². The highest BCUT2D eigenvalue weighted by molar-refractivity contribution is 7.89. The van der Waals surface area contributed by atoms with E-state index < -0.39 is 40.0 Å². The number of rotatable bonds is 6. The summed E-state index contributed by atoms with van der Waals surface area (Å²) in [6.07, 6.45) is -5.96. The molecular weight excluding hydrogens is 471 g/mol. The van der Waals surface area contributed by atoms with E-state index in [-0.39, 0.29) is 11.5 Å². The molecule has 0 aliphatic carbocycles. The van der Waals surface area contributed by atoms with E-state index in [1.165, 1.54) is 18.2 Å².